The lowest BCUT2D eigenvalue weighted by atomic mass is 10.1. The van der Waals surface area contributed by atoms with E-state index in [9.17, 15) is 14.3 Å². The molecule has 0 fully saturated rings. The monoisotopic (exact) mass is 443 g/mol. The highest BCUT2D eigenvalue weighted by Crippen LogP contribution is 2.23. The van der Waals surface area contributed by atoms with E-state index in [4.69, 9.17) is 4.74 Å². The predicted molar refractivity (Wildman–Crippen MR) is 123 cm³/mol. The summed E-state index contributed by atoms with van der Waals surface area (Å²) in [6.45, 7) is 0.261. The van der Waals surface area contributed by atoms with Crippen molar-refractivity contribution in [2.45, 2.75) is 19.1 Å². The topological polar surface area (TPSA) is 84.3 Å². The van der Waals surface area contributed by atoms with E-state index in [2.05, 4.69) is 15.3 Å². The van der Waals surface area contributed by atoms with E-state index in [1.54, 1.807) is 30.3 Å². The van der Waals surface area contributed by atoms with Crippen LogP contribution in [0.2, 0.25) is 0 Å². The van der Waals surface area contributed by atoms with Gasteiger partial charge in [0.05, 0.1) is 5.69 Å². The van der Waals surface area contributed by atoms with Crippen molar-refractivity contribution in [2.75, 3.05) is 5.32 Å². The molecule has 4 rings (SSSR count). The molecule has 3 aromatic carbocycles. The first-order valence-electron chi connectivity index (χ1n) is 10.4. The number of aliphatic carboxylic acids is 1. The Hall–Kier alpha value is -4.26. The molecule has 0 radical (unpaired) electrons. The third-order valence-electron chi connectivity index (χ3n) is 5.01. The summed E-state index contributed by atoms with van der Waals surface area (Å²) in [5.74, 6) is -0.189. The summed E-state index contributed by atoms with van der Waals surface area (Å²) in [4.78, 5) is 20.2. The van der Waals surface area contributed by atoms with Crippen LogP contribution < -0.4 is 10.1 Å². The molecule has 1 aromatic heterocycles. The molecule has 7 heteroatoms. The van der Waals surface area contributed by atoms with Gasteiger partial charge in [-0.2, -0.15) is 0 Å². The maximum atomic E-state index is 13.3. The SMILES string of the molecule is O=C(O)C(Cc1ccccc1)Nc1cc(-c2ccc(OCc3cccc(F)c3)cc2)ncn1. The zero-order chi connectivity index (χ0) is 23.0. The number of aromatic nitrogens is 2. The summed E-state index contributed by atoms with van der Waals surface area (Å²) < 4.78 is 19.0. The summed E-state index contributed by atoms with van der Waals surface area (Å²) in [6.07, 6.45) is 1.72. The van der Waals surface area contributed by atoms with Gasteiger partial charge in [-0.1, -0.05) is 42.5 Å². The van der Waals surface area contributed by atoms with Gasteiger partial charge in [-0.25, -0.2) is 19.2 Å². The summed E-state index contributed by atoms with van der Waals surface area (Å²) in [5.41, 5.74) is 3.14. The van der Waals surface area contributed by atoms with Gasteiger partial charge in [0.2, 0.25) is 0 Å². The Morgan fingerprint density at radius 2 is 1.70 bits per heavy atom. The van der Waals surface area contributed by atoms with Gasteiger partial charge in [0.15, 0.2) is 0 Å². The molecule has 166 valence electrons. The molecule has 1 heterocycles. The number of rotatable bonds is 9. The number of nitrogens with zero attached hydrogens (tertiary/aromatic N) is 2. The van der Waals surface area contributed by atoms with E-state index in [0.29, 0.717) is 23.7 Å². The van der Waals surface area contributed by atoms with E-state index in [-0.39, 0.29) is 12.4 Å². The molecule has 0 saturated heterocycles. The predicted octanol–water partition coefficient (Wildman–Crippen LogP) is 4.97. The fraction of sp³-hybridized carbons (Fsp3) is 0.115. The summed E-state index contributed by atoms with van der Waals surface area (Å²) in [7, 11) is 0. The molecule has 0 amide bonds. The molecular formula is C26H22FN3O3. The Bertz CT molecular complexity index is 1220. The fourth-order valence-corrected chi connectivity index (χ4v) is 3.34. The first-order chi connectivity index (χ1) is 16.1. The molecule has 2 N–H and O–H groups in total. The second kappa shape index (κ2) is 10.4. The molecule has 0 saturated carbocycles. The molecule has 0 bridgehead atoms. The van der Waals surface area contributed by atoms with Gasteiger partial charge in [-0.15, -0.1) is 0 Å². The quantitative estimate of drug-likeness (QED) is 0.380. The first-order valence-corrected chi connectivity index (χ1v) is 10.4. The Morgan fingerprint density at radius 3 is 2.42 bits per heavy atom. The van der Waals surface area contributed by atoms with E-state index in [1.165, 1.54) is 18.5 Å². The van der Waals surface area contributed by atoms with Crippen LogP contribution in [0.1, 0.15) is 11.1 Å². The molecule has 0 aliphatic heterocycles. The average Bonchev–Trinajstić information content (AvgIpc) is 2.83. The maximum absolute atomic E-state index is 13.3. The van der Waals surface area contributed by atoms with Gasteiger partial charge in [0.1, 0.15) is 36.4 Å². The third-order valence-corrected chi connectivity index (χ3v) is 5.01. The molecule has 0 spiro atoms. The van der Waals surface area contributed by atoms with E-state index >= 15 is 0 Å². The summed E-state index contributed by atoms with van der Waals surface area (Å²) in [6, 6.07) is 23.9. The zero-order valence-corrected chi connectivity index (χ0v) is 17.7. The minimum atomic E-state index is -0.959. The maximum Gasteiger partial charge on any atom is 0.326 e. The molecule has 0 aliphatic carbocycles. The van der Waals surface area contributed by atoms with Crippen LogP contribution in [0.15, 0.2) is 91.3 Å². The van der Waals surface area contributed by atoms with Crippen molar-refractivity contribution in [3.63, 3.8) is 0 Å². The number of nitrogens with one attached hydrogen (secondary N) is 1. The van der Waals surface area contributed by atoms with Crippen molar-refractivity contribution in [2.24, 2.45) is 0 Å². The Kier molecular flexibility index (Phi) is 6.90. The number of halogens is 1. The molecule has 33 heavy (non-hydrogen) atoms. The van der Waals surface area contributed by atoms with Gasteiger partial charge in [-0.05, 0) is 47.5 Å². The van der Waals surface area contributed by atoms with E-state index in [0.717, 1.165) is 16.7 Å². The van der Waals surface area contributed by atoms with Crippen molar-refractivity contribution in [1.29, 1.82) is 0 Å². The van der Waals surface area contributed by atoms with Crippen molar-refractivity contribution < 1.29 is 19.0 Å². The highest BCUT2D eigenvalue weighted by Gasteiger charge is 2.18. The van der Waals surface area contributed by atoms with Crippen LogP contribution in [0, 0.1) is 5.82 Å². The van der Waals surface area contributed by atoms with Crippen LogP contribution in [-0.2, 0) is 17.8 Å². The van der Waals surface area contributed by atoms with Crippen LogP contribution in [0.25, 0.3) is 11.3 Å². The number of carboxylic acid groups (broad SMARTS) is 1. The Labute approximate surface area is 190 Å². The third kappa shape index (κ3) is 6.13. The molecule has 1 unspecified atom stereocenters. The van der Waals surface area contributed by atoms with E-state index < -0.39 is 12.0 Å². The van der Waals surface area contributed by atoms with Crippen LogP contribution in [0.3, 0.4) is 0 Å². The number of benzene rings is 3. The normalized spacial score (nSPS) is 11.5. The second-order valence-electron chi connectivity index (χ2n) is 7.46. The van der Waals surface area contributed by atoms with Gasteiger partial charge < -0.3 is 15.2 Å². The second-order valence-corrected chi connectivity index (χ2v) is 7.46. The standard InChI is InChI=1S/C26H22FN3O3/c27-21-8-4-7-19(13-21)16-33-22-11-9-20(10-12-22)23-15-25(29-17-28-23)30-24(26(31)32)14-18-5-2-1-3-6-18/h1-13,15,17,24H,14,16H2,(H,31,32)(H,28,29,30). The Balaban J connectivity index is 1.42. The van der Waals surface area contributed by atoms with Crippen LogP contribution in [0.5, 0.6) is 5.75 Å². The number of hydrogen-bond acceptors (Lipinski definition) is 5. The zero-order valence-electron chi connectivity index (χ0n) is 17.7. The summed E-state index contributed by atoms with van der Waals surface area (Å²) in [5, 5.41) is 12.6. The fourth-order valence-electron chi connectivity index (χ4n) is 3.34. The van der Waals surface area contributed by atoms with Crippen molar-refractivity contribution in [1.82, 2.24) is 9.97 Å². The van der Waals surface area contributed by atoms with Crippen molar-refractivity contribution >= 4 is 11.8 Å². The lowest BCUT2D eigenvalue weighted by molar-refractivity contribution is -0.137. The van der Waals surface area contributed by atoms with Gasteiger partial charge in [0, 0.05) is 18.1 Å². The summed E-state index contributed by atoms with van der Waals surface area (Å²) >= 11 is 0. The molecule has 4 aromatic rings. The molecule has 1 atom stereocenters. The molecule has 6 nitrogen and oxygen atoms in total. The van der Waals surface area contributed by atoms with E-state index in [1.807, 2.05) is 42.5 Å². The molecule has 0 aliphatic rings. The van der Waals surface area contributed by atoms with Crippen LogP contribution >= 0.6 is 0 Å². The highest BCUT2D eigenvalue weighted by atomic mass is 19.1. The lowest BCUT2D eigenvalue weighted by Gasteiger charge is -2.15. The average molecular weight is 443 g/mol. The van der Waals surface area contributed by atoms with Crippen molar-refractivity contribution in [3.05, 3.63) is 108 Å². The number of hydrogen-bond donors (Lipinski definition) is 2. The Morgan fingerprint density at radius 1 is 0.939 bits per heavy atom. The van der Waals surface area contributed by atoms with Crippen LogP contribution in [0.4, 0.5) is 10.2 Å². The van der Waals surface area contributed by atoms with Crippen molar-refractivity contribution in [3.8, 4) is 17.0 Å². The van der Waals surface area contributed by atoms with Gasteiger partial charge >= 0.3 is 5.97 Å². The van der Waals surface area contributed by atoms with Gasteiger partial charge in [-0.3, -0.25) is 0 Å². The largest absolute Gasteiger partial charge is 0.489 e. The number of anilines is 1. The smallest absolute Gasteiger partial charge is 0.326 e. The van der Waals surface area contributed by atoms with Gasteiger partial charge in [0.25, 0.3) is 0 Å². The number of carbonyl (C=O) groups is 1. The lowest BCUT2D eigenvalue weighted by Crippen LogP contribution is -2.31. The van der Waals surface area contributed by atoms with Crippen LogP contribution in [-0.4, -0.2) is 27.1 Å². The first kappa shape index (κ1) is 22.0. The number of carboxylic acids is 1. The molecular weight excluding hydrogens is 421 g/mol. The minimum Gasteiger partial charge on any atom is -0.489 e. The highest BCUT2D eigenvalue weighted by molar-refractivity contribution is 5.77. The minimum absolute atomic E-state index is 0.261. The number of ether oxygens (including phenoxy) is 1.